The van der Waals surface area contributed by atoms with Crippen molar-refractivity contribution in [1.29, 1.82) is 0 Å². The van der Waals surface area contributed by atoms with Crippen LogP contribution >= 0.6 is 0 Å². The zero-order chi connectivity index (χ0) is 21.1. The van der Waals surface area contributed by atoms with Crippen molar-refractivity contribution in [1.82, 2.24) is 4.98 Å². The fourth-order valence-electron chi connectivity index (χ4n) is 3.86. The average Bonchev–Trinajstić information content (AvgIpc) is 3.05. The number of fused-ring (bicyclic) bond motifs is 2. The first-order valence-electron chi connectivity index (χ1n) is 9.86. The van der Waals surface area contributed by atoms with Gasteiger partial charge in [0.05, 0.1) is 24.8 Å². The number of carbonyl (C=O) groups is 1. The van der Waals surface area contributed by atoms with E-state index in [1.54, 1.807) is 6.07 Å². The van der Waals surface area contributed by atoms with Crippen LogP contribution in [0.4, 0.5) is 8.78 Å². The van der Waals surface area contributed by atoms with Gasteiger partial charge in [0, 0.05) is 42.6 Å². The van der Waals surface area contributed by atoms with Crippen molar-refractivity contribution in [2.75, 3.05) is 13.2 Å². The molecule has 2 aromatic rings. The van der Waals surface area contributed by atoms with E-state index in [0.717, 1.165) is 11.1 Å². The Kier molecular flexibility index (Phi) is 6.03. The topological polar surface area (TPSA) is 81.0 Å². The number of pyridine rings is 1. The van der Waals surface area contributed by atoms with Crippen molar-refractivity contribution in [3.05, 3.63) is 58.9 Å². The van der Waals surface area contributed by atoms with Crippen molar-refractivity contribution in [3.8, 4) is 5.75 Å². The van der Waals surface area contributed by atoms with Gasteiger partial charge in [0.25, 0.3) is 6.43 Å². The predicted molar refractivity (Wildman–Crippen MR) is 105 cm³/mol. The van der Waals surface area contributed by atoms with Crippen LogP contribution in [0, 0.1) is 0 Å². The Morgan fingerprint density at radius 2 is 2.17 bits per heavy atom. The van der Waals surface area contributed by atoms with Crippen LogP contribution < -0.4 is 4.74 Å². The van der Waals surface area contributed by atoms with E-state index in [9.17, 15) is 18.7 Å². The summed E-state index contributed by atoms with van der Waals surface area (Å²) in [5, 5.41) is 10.5. The number of benzene rings is 1. The van der Waals surface area contributed by atoms with Crippen LogP contribution in [0.5, 0.6) is 5.75 Å². The van der Waals surface area contributed by atoms with E-state index in [-0.39, 0.29) is 30.4 Å². The van der Waals surface area contributed by atoms with E-state index in [2.05, 4.69) is 9.98 Å². The maximum absolute atomic E-state index is 12.8. The lowest BCUT2D eigenvalue weighted by Gasteiger charge is -2.20. The van der Waals surface area contributed by atoms with Gasteiger partial charge in [0.1, 0.15) is 11.5 Å². The highest BCUT2D eigenvalue weighted by atomic mass is 19.3. The van der Waals surface area contributed by atoms with E-state index in [1.165, 1.54) is 6.20 Å². The summed E-state index contributed by atoms with van der Waals surface area (Å²) in [5.74, 6) is 0.490. The molecule has 3 heterocycles. The molecule has 0 fully saturated rings. The Hall–Kier alpha value is -2.87. The lowest BCUT2D eigenvalue weighted by molar-refractivity contribution is -0.119. The molecule has 0 amide bonds. The van der Waals surface area contributed by atoms with Gasteiger partial charge >= 0.3 is 0 Å². The number of Topliss-reactive ketones (excluding diaryl/α,β-unsaturated/α-hetero) is 1. The molecule has 0 spiro atoms. The molecule has 0 unspecified atom stereocenters. The molecule has 0 saturated heterocycles. The number of ether oxygens (including phenoxy) is 2. The largest absolute Gasteiger partial charge is 0.493 e. The van der Waals surface area contributed by atoms with Crippen molar-refractivity contribution in [3.63, 3.8) is 0 Å². The molecule has 0 aliphatic carbocycles. The molecule has 2 aliphatic heterocycles. The molecule has 30 heavy (non-hydrogen) atoms. The number of para-hydroxylation sites is 1. The lowest BCUT2D eigenvalue weighted by atomic mass is 9.86. The van der Waals surface area contributed by atoms with Gasteiger partial charge in [-0.1, -0.05) is 18.2 Å². The number of ketones is 1. The molecule has 158 valence electrons. The minimum Gasteiger partial charge on any atom is -0.493 e. The van der Waals surface area contributed by atoms with Gasteiger partial charge in [-0.3, -0.25) is 9.78 Å². The van der Waals surface area contributed by atoms with Crippen LogP contribution in [0.15, 0.2) is 41.5 Å². The van der Waals surface area contributed by atoms with Gasteiger partial charge in [-0.2, -0.15) is 0 Å². The molecule has 8 heteroatoms. The first kappa shape index (κ1) is 20.4. The van der Waals surface area contributed by atoms with Crippen LogP contribution in [0.1, 0.15) is 41.1 Å². The summed E-state index contributed by atoms with van der Waals surface area (Å²) in [6, 6.07) is 9.23. The molecule has 2 aliphatic rings. The van der Waals surface area contributed by atoms with E-state index < -0.39 is 19.1 Å². The summed E-state index contributed by atoms with van der Waals surface area (Å²) in [4.78, 5) is 21.2. The number of nitrogens with zero attached hydrogens (tertiary/aromatic N) is 2. The Balaban J connectivity index is 1.43. The van der Waals surface area contributed by atoms with Gasteiger partial charge in [-0.05, 0) is 17.7 Å². The molecule has 0 saturated carbocycles. The summed E-state index contributed by atoms with van der Waals surface area (Å²) in [5.41, 5.74) is 2.80. The van der Waals surface area contributed by atoms with Gasteiger partial charge in [0.2, 0.25) is 5.90 Å². The summed E-state index contributed by atoms with van der Waals surface area (Å²) in [6.45, 7) is 0.00228. The molecule has 1 aromatic carbocycles. The molecular formula is C22H22F2N2O4. The number of halogens is 2. The van der Waals surface area contributed by atoms with Gasteiger partial charge in [0.15, 0.2) is 6.61 Å². The summed E-state index contributed by atoms with van der Waals surface area (Å²) in [7, 11) is 0. The second-order valence-corrected chi connectivity index (χ2v) is 7.42. The second-order valence-electron chi connectivity index (χ2n) is 7.42. The van der Waals surface area contributed by atoms with Crippen LogP contribution in [0.25, 0.3) is 0 Å². The minimum atomic E-state index is -2.57. The van der Waals surface area contributed by atoms with Gasteiger partial charge in [-0.25, -0.2) is 13.8 Å². The number of aliphatic hydroxyl groups is 1. The fraction of sp³-hybridized carbons (Fsp3) is 0.409. The van der Waals surface area contributed by atoms with E-state index in [0.29, 0.717) is 36.6 Å². The molecular weight excluding hydrogens is 394 g/mol. The highest BCUT2D eigenvalue weighted by Gasteiger charge is 2.29. The van der Waals surface area contributed by atoms with Gasteiger partial charge < -0.3 is 14.6 Å². The summed E-state index contributed by atoms with van der Waals surface area (Å²) in [6.07, 6.45) is -0.960. The van der Waals surface area contributed by atoms with E-state index in [1.807, 2.05) is 24.3 Å². The Morgan fingerprint density at radius 3 is 3.00 bits per heavy atom. The second kappa shape index (κ2) is 8.87. The zero-order valence-electron chi connectivity index (χ0n) is 16.3. The van der Waals surface area contributed by atoms with Crippen molar-refractivity contribution in [2.45, 2.75) is 44.3 Å². The SMILES string of the molecule is O=C(Cc1cc2c(cn1)C(OCC(F)F)=NC2)C[C@H]1c2ccccc2OCC[C@@H]1O. The molecule has 0 radical (unpaired) electrons. The van der Waals surface area contributed by atoms with E-state index >= 15 is 0 Å². The number of hydrogen-bond acceptors (Lipinski definition) is 6. The standard InChI is InChI=1S/C22H22F2N2O4/c23-21(24)12-30-22-18-11-25-14(7-13(18)10-26-22)8-15(27)9-17-16-3-1-2-4-20(16)29-6-5-19(17)28/h1-4,7,11,17,19,21,28H,5-6,8-10,12H2/t17-,19-/m0/s1. The van der Waals surface area contributed by atoms with Gasteiger partial charge in [-0.15, -0.1) is 0 Å². The van der Waals surface area contributed by atoms with Crippen molar-refractivity contribution >= 4 is 11.7 Å². The number of rotatable bonds is 6. The maximum atomic E-state index is 12.8. The number of hydrogen-bond donors (Lipinski definition) is 1. The number of aliphatic imine (C=N–C) groups is 1. The Labute approximate surface area is 172 Å². The molecule has 1 aromatic heterocycles. The number of aliphatic hydroxyl groups excluding tert-OH is 1. The maximum Gasteiger partial charge on any atom is 0.272 e. The first-order chi connectivity index (χ1) is 14.5. The highest BCUT2D eigenvalue weighted by Crippen LogP contribution is 2.35. The Bertz CT molecular complexity index is 964. The number of aromatic nitrogens is 1. The monoisotopic (exact) mass is 416 g/mol. The van der Waals surface area contributed by atoms with Crippen LogP contribution in [0.2, 0.25) is 0 Å². The third kappa shape index (κ3) is 4.48. The first-order valence-corrected chi connectivity index (χ1v) is 9.86. The average molecular weight is 416 g/mol. The molecule has 0 bridgehead atoms. The van der Waals surface area contributed by atoms with Crippen LogP contribution in [0.3, 0.4) is 0 Å². The van der Waals surface area contributed by atoms with Crippen LogP contribution in [-0.4, -0.2) is 47.5 Å². The zero-order valence-corrected chi connectivity index (χ0v) is 16.3. The summed E-state index contributed by atoms with van der Waals surface area (Å²) >= 11 is 0. The van der Waals surface area contributed by atoms with Crippen molar-refractivity contribution in [2.24, 2.45) is 4.99 Å². The predicted octanol–water partition coefficient (Wildman–Crippen LogP) is 3.05. The van der Waals surface area contributed by atoms with Crippen molar-refractivity contribution < 1.29 is 28.2 Å². The summed E-state index contributed by atoms with van der Waals surface area (Å²) < 4.78 is 35.4. The number of carbonyl (C=O) groups excluding carboxylic acids is 1. The smallest absolute Gasteiger partial charge is 0.272 e. The molecule has 6 nitrogen and oxygen atoms in total. The third-order valence-corrected chi connectivity index (χ3v) is 5.30. The third-order valence-electron chi connectivity index (χ3n) is 5.30. The molecule has 4 rings (SSSR count). The fourth-order valence-corrected chi connectivity index (χ4v) is 3.86. The molecule has 1 N–H and O–H groups in total. The van der Waals surface area contributed by atoms with Crippen LogP contribution in [-0.2, 0) is 22.5 Å². The Morgan fingerprint density at radius 1 is 1.33 bits per heavy atom. The lowest BCUT2D eigenvalue weighted by Crippen LogP contribution is -2.22. The van der Waals surface area contributed by atoms with E-state index in [4.69, 9.17) is 9.47 Å². The highest BCUT2D eigenvalue weighted by molar-refractivity contribution is 5.97. The number of alkyl halides is 2. The minimum absolute atomic E-state index is 0.0451. The molecule has 2 atom stereocenters. The normalized spacial score (nSPS) is 20.1. The quantitative estimate of drug-likeness (QED) is 0.783.